The molecule has 1 aliphatic heterocycles. The van der Waals surface area contributed by atoms with Gasteiger partial charge in [-0.2, -0.15) is 0 Å². The van der Waals surface area contributed by atoms with E-state index in [2.05, 4.69) is 51.7 Å². The molecule has 0 aliphatic carbocycles. The fourth-order valence-electron chi connectivity index (χ4n) is 6.60. The standard InChI is InChI=1S/C41H81N7O3/c1-3-5-7-8-9-10-11-12-13-14-15-16-17-18-19-27-39(49)46-38(26-21-23-29-44-40(50)37(43)25-20-22-28-42)41(51)45-30-24-32-48-35-33-47(34-36-48)31-6-4-2/h12-13,37-38H,3-11,14-36,42-43H2,1-2H3,(H,44,50)(H,45,51)(H,46,49)/b13-12-. The van der Waals surface area contributed by atoms with Crippen molar-refractivity contribution in [2.45, 2.75) is 174 Å². The lowest BCUT2D eigenvalue weighted by Gasteiger charge is -2.34. The van der Waals surface area contributed by atoms with E-state index < -0.39 is 12.1 Å². The highest BCUT2D eigenvalue weighted by molar-refractivity contribution is 5.87. The second-order valence-electron chi connectivity index (χ2n) is 14.8. The Bertz CT molecular complexity index is 879. The van der Waals surface area contributed by atoms with Crippen molar-refractivity contribution in [1.82, 2.24) is 25.8 Å². The first kappa shape index (κ1) is 47.0. The van der Waals surface area contributed by atoms with Crippen LogP contribution in [-0.4, -0.2) is 98.5 Å². The number of carbonyl (C=O) groups excluding carboxylic acids is 3. The first-order valence-corrected chi connectivity index (χ1v) is 21.3. The molecule has 7 N–H and O–H groups in total. The Labute approximate surface area is 313 Å². The molecule has 1 rings (SSSR count). The van der Waals surface area contributed by atoms with E-state index in [1.165, 1.54) is 77.2 Å². The lowest BCUT2D eigenvalue weighted by atomic mass is 10.1. The number of nitrogens with zero attached hydrogens (tertiary/aromatic N) is 2. The molecule has 0 spiro atoms. The number of carbonyl (C=O) groups is 3. The van der Waals surface area contributed by atoms with E-state index >= 15 is 0 Å². The zero-order valence-electron chi connectivity index (χ0n) is 33.2. The summed E-state index contributed by atoms with van der Waals surface area (Å²) in [5.74, 6) is -0.300. The van der Waals surface area contributed by atoms with E-state index in [1.54, 1.807) is 0 Å². The van der Waals surface area contributed by atoms with Gasteiger partial charge in [0.2, 0.25) is 17.7 Å². The van der Waals surface area contributed by atoms with Crippen molar-refractivity contribution < 1.29 is 14.4 Å². The lowest BCUT2D eigenvalue weighted by Crippen LogP contribution is -2.48. The van der Waals surface area contributed by atoms with Crippen molar-refractivity contribution in [2.75, 3.05) is 58.9 Å². The molecule has 0 aromatic rings. The van der Waals surface area contributed by atoms with Crippen LogP contribution in [0.3, 0.4) is 0 Å². The molecular formula is C41H81N7O3. The Morgan fingerprint density at radius 1 is 0.608 bits per heavy atom. The largest absolute Gasteiger partial charge is 0.355 e. The van der Waals surface area contributed by atoms with Gasteiger partial charge in [-0.05, 0) is 96.7 Å². The molecule has 298 valence electrons. The Hall–Kier alpha value is -2.01. The average molecular weight is 720 g/mol. The van der Waals surface area contributed by atoms with E-state index in [0.29, 0.717) is 38.9 Å². The van der Waals surface area contributed by atoms with Gasteiger partial charge >= 0.3 is 0 Å². The van der Waals surface area contributed by atoms with Crippen LogP contribution in [0, 0.1) is 0 Å². The average Bonchev–Trinajstić information content (AvgIpc) is 3.13. The molecule has 51 heavy (non-hydrogen) atoms. The van der Waals surface area contributed by atoms with E-state index in [1.807, 2.05) is 0 Å². The van der Waals surface area contributed by atoms with Gasteiger partial charge in [-0.15, -0.1) is 0 Å². The number of piperazine rings is 1. The monoisotopic (exact) mass is 720 g/mol. The number of rotatable bonds is 34. The van der Waals surface area contributed by atoms with Gasteiger partial charge in [0.25, 0.3) is 0 Å². The summed E-state index contributed by atoms with van der Waals surface area (Å²) in [6.45, 7) is 12.8. The van der Waals surface area contributed by atoms with E-state index in [9.17, 15) is 14.4 Å². The fourth-order valence-corrected chi connectivity index (χ4v) is 6.60. The van der Waals surface area contributed by atoms with Crippen molar-refractivity contribution in [3.05, 3.63) is 12.2 Å². The number of hydrogen-bond acceptors (Lipinski definition) is 7. The maximum Gasteiger partial charge on any atom is 0.242 e. The number of hydrogen-bond donors (Lipinski definition) is 5. The van der Waals surface area contributed by atoms with Crippen LogP contribution in [0.5, 0.6) is 0 Å². The molecule has 0 aromatic heterocycles. The third kappa shape index (κ3) is 27.3. The summed E-state index contributed by atoms with van der Waals surface area (Å²) in [6, 6.07) is -1.08. The zero-order valence-corrected chi connectivity index (χ0v) is 33.2. The highest BCUT2D eigenvalue weighted by Gasteiger charge is 2.21. The lowest BCUT2D eigenvalue weighted by molar-refractivity contribution is -0.129. The fraction of sp³-hybridized carbons (Fsp3) is 0.878. The quantitative estimate of drug-likeness (QED) is 0.0395. The molecule has 1 fully saturated rings. The van der Waals surface area contributed by atoms with Crippen LogP contribution >= 0.6 is 0 Å². The number of nitrogens with one attached hydrogen (secondary N) is 3. The highest BCUT2D eigenvalue weighted by Crippen LogP contribution is 2.11. The summed E-state index contributed by atoms with van der Waals surface area (Å²) in [7, 11) is 0. The molecular weight excluding hydrogens is 638 g/mol. The second-order valence-corrected chi connectivity index (χ2v) is 14.8. The van der Waals surface area contributed by atoms with Crippen LogP contribution in [0.4, 0.5) is 0 Å². The van der Waals surface area contributed by atoms with Crippen LogP contribution in [0.15, 0.2) is 12.2 Å². The predicted molar refractivity (Wildman–Crippen MR) is 215 cm³/mol. The van der Waals surface area contributed by atoms with Gasteiger partial charge in [-0.3, -0.25) is 14.4 Å². The van der Waals surface area contributed by atoms with Crippen LogP contribution in [0.1, 0.15) is 162 Å². The Morgan fingerprint density at radius 2 is 1.14 bits per heavy atom. The number of allylic oxidation sites excluding steroid dienone is 2. The molecule has 3 amide bonds. The Kier molecular flexibility index (Phi) is 31.2. The van der Waals surface area contributed by atoms with Gasteiger partial charge in [0.1, 0.15) is 6.04 Å². The molecule has 0 radical (unpaired) electrons. The molecule has 0 aromatic carbocycles. The van der Waals surface area contributed by atoms with Gasteiger partial charge in [0, 0.05) is 45.7 Å². The first-order chi connectivity index (χ1) is 24.9. The third-order valence-corrected chi connectivity index (χ3v) is 10.1. The van der Waals surface area contributed by atoms with Crippen molar-refractivity contribution in [1.29, 1.82) is 0 Å². The molecule has 1 aliphatic rings. The van der Waals surface area contributed by atoms with E-state index in [4.69, 9.17) is 11.5 Å². The minimum Gasteiger partial charge on any atom is -0.355 e. The van der Waals surface area contributed by atoms with Gasteiger partial charge in [0.15, 0.2) is 0 Å². The first-order valence-electron chi connectivity index (χ1n) is 21.3. The van der Waals surface area contributed by atoms with Crippen molar-refractivity contribution in [3.63, 3.8) is 0 Å². The minimum absolute atomic E-state index is 0.0505. The van der Waals surface area contributed by atoms with Gasteiger partial charge in [-0.25, -0.2) is 0 Å². The zero-order chi connectivity index (χ0) is 37.2. The number of unbranched alkanes of at least 4 members (excludes halogenated alkanes) is 14. The van der Waals surface area contributed by atoms with Crippen LogP contribution in [0.2, 0.25) is 0 Å². The second kappa shape index (κ2) is 33.8. The van der Waals surface area contributed by atoms with Gasteiger partial charge < -0.3 is 37.2 Å². The number of amides is 3. The van der Waals surface area contributed by atoms with Gasteiger partial charge in [-0.1, -0.05) is 90.2 Å². The smallest absolute Gasteiger partial charge is 0.242 e. The summed E-state index contributed by atoms with van der Waals surface area (Å²) >= 11 is 0. The molecule has 0 bridgehead atoms. The summed E-state index contributed by atoms with van der Waals surface area (Å²) in [5.41, 5.74) is 11.5. The molecule has 10 nitrogen and oxygen atoms in total. The molecule has 1 saturated heterocycles. The van der Waals surface area contributed by atoms with Crippen LogP contribution < -0.4 is 27.4 Å². The topological polar surface area (TPSA) is 146 Å². The molecule has 10 heteroatoms. The summed E-state index contributed by atoms with van der Waals surface area (Å²) in [6.07, 6.45) is 28.7. The summed E-state index contributed by atoms with van der Waals surface area (Å²) < 4.78 is 0. The molecule has 2 atom stereocenters. The highest BCUT2D eigenvalue weighted by atomic mass is 16.2. The van der Waals surface area contributed by atoms with Crippen LogP contribution in [0.25, 0.3) is 0 Å². The molecule has 0 saturated carbocycles. The summed E-state index contributed by atoms with van der Waals surface area (Å²) in [4.78, 5) is 43.4. The van der Waals surface area contributed by atoms with Crippen LogP contribution in [-0.2, 0) is 14.4 Å². The van der Waals surface area contributed by atoms with Crippen molar-refractivity contribution in [2.24, 2.45) is 11.5 Å². The Morgan fingerprint density at radius 3 is 1.76 bits per heavy atom. The van der Waals surface area contributed by atoms with E-state index in [-0.39, 0.29) is 17.7 Å². The van der Waals surface area contributed by atoms with Crippen molar-refractivity contribution in [3.8, 4) is 0 Å². The third-order valence-electron chi connectivity index (χ3n) is 10.1. The Balaban J connectivity index is 2.35. The maximum atomic E-state index is 13.2. The van der Waals surface area contributed by atoms with E-state index in [0.717, 1.165) is 90.5 Å². The molecule has 1 heterocycles. The SMILES string of the molecule is CCCCCCCC/C=C\CCCCCCCC(=O)NC(CCCCNC(=O)C(N)CCCCN)C(=O)NCCCN1CCN(CCCC)CC1. The predicted octanol–water partition coefficient (Wildman–Crippen LogP) is 6.18. The minimum atomic E-state index is -0.558. The maximum absolute atomic E-state index is 13.2. The summed E-state index contributed by atoms with van der Waals surface area (Å²) in [5, 5.41) is 9.04. The molecule has 2 unspecified atom stereocenters. The van der Waals surface area contributed by atoms with Crippen molar-refractivity contribution >= 4 is 17.7 Å². The number of nitrogens with two attached hydrogens (primary N) is 2. The normalized spacial score (nSPS) is 15.2. The van der Waals surface area contributed by atoms with Gasteiger partial charge in [0.05, 0.1) is 6.04 Å².